The van der Waals surface area contributed by atoms with Crippen molar-refractivity contribution >= 4 is 16.9 Å². The summed E-state index contributed by atoms with van der Waals surface area (Å²) in [7, 11) is 0. The first-order valence-electron chi connectivity index (χ1n) is 10.9. The highest BCUT2D eigenvalue weighted by Crippen LogP contribution is 2.35. The fourth-order valence-corrected chi connectivity index (χ4v) is 5.02. The Morgan fingerprint density at radius 3 is 2.60 bits per heavy atom. The van der Waals surface area contributed by atoms with Gasteiger partial charge in [0.1, 0.15) is 6.61 Å². The van der Waals surface area contributed by atoms with Gasteiger partial charge in [-0.1, -0.05) is 84.4 Å². The van der Waals surface area contributed by atoms with E-state index in [1.54, 1.807) is 0 Å². The van der Waals surface area contributed by atoms with Crippen LogP contribution >= 0.6 is 0 Å². The van der Waals surface area contributed by atoms with Gasteiger partial charge in [0, 0.05) is 6.04 Å². The molecule has 0 aromatic heterocycles. The second-order valence-electron chi connectivity index (χ2n) is 8.44. The molecule has 2 aliphatic rings. The molecular weight excluding hydrogens is 370 g/mol. The van der Waals surface area contributed by atoms with Gasteiger partial charge in [-0.3, -0.25) is 4.90 Å². The van der Waals surface area contributed by atoms with E-state index in [9.17, 15) is 4.79 Å². The monoisotopic (exact) mass is 397 g/mol. The number of rotatable bonds is 4. The van der Waals surface area contributed by atoms with Gasteiger partial charge < -0.3 is 4.74 Å². The summed E-state index contributed by atoms with van der Waals surface area (Å²) in [5, 5.41) is 2.62. The summed E-state index contributed by atoms with van der Waals surface area (Å²) >= 11 is 0. The molecule has 3 heteroatoms. The van der Waals surface area contributed by atoms with Crippen LogP contribution in [-0.2, 0) is 17.8 Å². The predicted octanol–water partition coefficient (Wildman–Crippen LogP) is 6.27. The molecular formula is C27H27NO2. The molecule has 152 valence electrons. The van der Waals surface area contributed by atoms with Gasteiger partial charge in [0.25, 0.3) is 0 Å². The molecule has 0 aliphatic carbocycles. The van der Waals surface area contributed by atoms with Gasteiger partial charge in [-0.2, -0.15) is 0 Å². The van der Waals surface area contributed by atoms with Crippen molar-refractivity contribution in [3.8, 4) is 0 Å². The Morgan fingerprint density at radius 2 is 1.73 bits per heavy atom. The molecule has 3 aromatic rings. The number of hydrogen-bond acceptors (Lipinski definition) is 2. The van der Waals surface area contributed by atoms with E-state index in [1.807, 2.05) is 35.2 Å². The van der Waals surface area contributed by atoms with Crippen LogP contribution in [0.5, 0.6) is 0 Å². The summed E-state index contributed by atoms with van der Waals surface area (Å²) in [5.41, 5.74) is 3.85. The zero-order valence-electron chi connectivity index (χ0n) is 17.2. The van der Waals surface area contributed by atoms with Gasteiger partial charge in [0.05, 0.1) is 6.04 Å². The highest BCUT2D eigenvalue weighted by atomic mass is 16.6. The molecule has 3 nitrogen and oxygen atoms in total. The summed E-state index contributed by atoms with van der Waals surface area (Å²) in [4.78, 5) is 14.9. The zero-order valence-corrected chi connectivity index (χ0v) is 17.2. The summed E-state index contributed by atoms with van der Waals surface area (Å²) in [5.74, 6) is 0. The Bertz CT molecular complexity index is 1070. The molecule has 1 saturated heterocycles. The minimum atomic E-state index is -0.172. The van der Waals surface area contributed by atoms with Crippen molar-refractivity contribution in [3.05, 3.63) is 95.6 Å². The number of benzene rings is 3. The van der Waals surface area contributed by atoms with Crippen LogP contribution in [0.4, 0.5) is 4.79 Å². The molecule has 2 heterocycles. The average molecular weight is 398 g/mol. The molecule has 2 aliphatic heterocycles. The lowest BCUT2D eigenvalue weighted by Gasteiger charge is -2.44. The molecule has 2 bridgehead atoms. The van der Waals surface area contributed by atoms with Crippen LogP contribution in [0.15, 0.2) is 84.4 Å². The molecule has 0 radical (unpaired) electrons. The minimum absolute atomic E-state index is 0.158. The van der Waals surface area contributed by atoms with E-state index in [2.05, 4.69) is 48.5 Å². The molecule has 0 saturated carbocycles. The van der Waals surface area contributed by atoms with Gasteiger partial charge in [-0.25, -0.2) is 4.79 Å². The number of amides is 1. The Morgan fingerprint density at radius 1 is 0.933 bits per heavy atom. The van der Waals surface area contributed by atoms with Crippen LogP contribution in [0.25, 0.3) is 10.8 Å². The van der Waals surface area contributed by atoms with E-state index in [-0.39, 0.29) is 18.2 Å². The quantitative estimate of drug-likeness (QED) is 0.485. The number of nitrogens with zero attached hydrogens (tertiary/aromatic N) is 1. The molecule has 2 atom stereocenters. The van der Waals surface area contributed by atoms with Crippen LogP contribution in [-0.4, -0.2) is 23.1 Å². The number of hydrogen-bond donors (Lipinski definition) is 0. The van der Waals surface area contributed by atoms with Crippen molar-refractivity contribution in [2.24, 2.45) is 0 Å². The van der Waals surface area contributed by atoms with E-state index >= 15 is 0 Å². The SMILES string of the molecule is O=C(OCc1ccccc1)N1C2C=C(Cc3cccc4ccccc34)CC1CCC2. The Hall–Kier alpha value is -3.07. The largest absolute Gasteiger partial charge is 0.445 e. The predicted molar refractivity (Wildman–Crippen MR) is 120 cm³/mol. The third-order valence-electron chi connectivity index (χ3n) is 6.43. The summed E-state index contributed by atoms with van der Waals surface area (Å²) in [6, 6.07) is 25.5. The summed E-state index contributed by atoms with van der Waals surface area (Å²) < 4.78 is 5.67. The summed E-state index contributed by atoms with van der Waals surface area (Å²) in [6.07, 6.45) is 7.33. The zero-order chi connectivity index (χ0) is 20.3. The lowest BCUT2D eigenvalue weighted by Crippen LogP contribution is -2.52. The standard InChI is InChI=1S/C27H27NO2/c29-27(30-19-20-8-2-1-3-9-20)28-24-13-7-14-25(28)18-21(17-24)16-23-12-6-11-22-10-4-5-15-26(22)23/h1-6,8-12,15,17,24-25H,7,13-14,16,18-19H2. The third kappa shape index (κ3) is 3.85. The van der Waals surface area contributed by atoms with Gasteiger partial charge >= 0.3 is 6.09 Å². The van der Waals surface area contributed by atoms with Crippen molar-refractivity contribution in [2.75, 3.05) is 0 Å². The maximum Gasteiger partial charge on any atom is 0.410 e. The van der Waals surface area contributed by atoms with Crippen molar-refractivity contribution in [2.45, 2.75) is 50.8 Å². The number of carbonyl (C=O) groups is 1. The van der Waals surface area contributed by atoms with Gasteiger partial charge in [-0.15, -0.1) is 0 Å². The number of ether oxygens (including phenoxy) is 1. The van der Waals surface area contributed by atoms with Crippen molar-refractivity contribution in [3.63, 3.8) is 0 Å². The highest BCUT2D eigenvalue weighted by Gasteiger charge is 2.37. The second kappa shape index (κ2) is 8.35. The van der Waals surface area contributed by atoms with Crippen LogP contribution in [0.1, 0.15) is 36.8 Å². The van der Waals surface area contributed by atoms with E-state index in [1.165, 1.54) is 28.3 Å². The Labute approximate surface area is 178 Å². The molecule has 5 rings (SSSR count). The second-order valence-corrected chi connectivity index (χ2v) is 8.44. The van der Waals surface area contributed by atoms with Gasteiger partial charge in [0.2, 0.25) is 0 Å². The highest BCUT2D eigenvalue weighted by molar-refractivity contribution is 5.85. The Kier molecular flexibility index (Phi) is 5.27. The molecule has 0 spiro atoms. The average Bonchev–Trinajstić information content (AvgIpc) is 2.78. The molecule has 1 amide bonds. The lowest BCUT2D eigenvalue weighted by atomic mass is 9.83. The van der Waals surface area contributed by atoms with Crippen LogP contribution in [0.3, 0.4) is 0 Å². The first-order valence-corrected chi connectivity index (χ1v) is 10.9. The minimum Gasteiger partial charge on any atom is -0.445 e. The first-order chi connectivity index (χ1) is 14.8. The number of carbonyl (C=O) groups excluding carboxylic acids is 1. The maximum absolute atomic E-state index is 12.9. The lowest BCUT2D eigenvalue weighted by molar-refractivity contribution is 0.0481. The van der Waals surface area contributed by atoms with E-state index in [0.717, 1.165) is 31.2 Å². The van der Waals surface area contributed by atoms with Crippen molar-refractivity contribution in [1.29, 1.82) is 0 Å². The first kappa shape index (κ1) is 18.9. The number of fused-ring (bicyclic) bond motifs is 3. The molecule has 1 fully saturated rings. The molecule has 30 heavy (non-hydrogen) atoms. The van der Waals surface area contributed by atoms with E-state index in [0.29, 0.717) is 6.61 Å². The van der Waals surface area contributed by atoms with E-state index in [4.69, 9.17) is 4.74 Å². The van der Waals surface area contributed by atoms with Crippen LogP contribution < -0.4 is 0 Å². The normalized spacial score (nSPS) is 20.7. The fourth-order valence-electron chi connectivity index (χ4n) is 5.02. The van der Waals surface area contributed by atoms with Gasteiger partial charge in [-0.05, 0) is 54.0 Å². The number of piperidine rings is 1. The fraction of sp³-hybridized carbons (Fsp3) is 0.296. The Balaban J connectivity index is 1.32. The third-order valence-corrected chi connectivity index (χ3v) is 6.43. The van der Waals surface area contributed by atoms with Crippen LogP contribution in [0.2, 0.25) is 0 Å². The van der Waals surface area contributed by atoms with Crippen molar-refractivity contribution < 1.29 is 9.53 Å². The topological polar surface area (TPSA) is 29.5 Å². The van der Waals surface area contributed by atoms with Gasteiger partial charge in [0.15, 0.2) is 0 Å². The summed E-state index contributed by atoms with van der Waals surface area (Å²) in [6.45, 7) is 0.336. The molecule has 0 N–H and O–H groups in total. The van der Waals surface area contributed by atoms with E-state index < -0.39 is 0 Å². The maximum atomic E-state index is 12.9. The smallest absolute Gasteiger partial charge is 0.410 e. The molecule has 3 aromatic carbocycles. The van der Waals surface area contributed by atoms with Crippen molar-refractivity contribution in [1.82, 2.24) is 4.90 Å². The van der Waals surface area contributed by atoms with Crippen LogP contribution in [0, 0.1) is 0 Å². The molecule has 2 unspecified atom stereocenters.